The van der Waals surface area contributed by atoms with Crippen molar-refractivity contribution in [3.63, 3.8) is 0 Å². The van der Waals surface area contributed by atoms with Crippen LogP contribution >= 0.6 is 0 Å². The predicted molar refractivity (Wildman–Crippen MR) is 83.6 cm³/mol. The first kappa shape index (κ1) is 16.2. The van der Waals surface area contributed by atoms with Crippen molar-refractivity contribution in [1.82, 2.24) is 4.90 Å². The summed E-state index contributed by atoms with van der Waals surface area (Å²) >= 11 is 0. The van der Waals surface area contributed by atoms with Crippen molar-refractivity contribution in [1.29, 1.82) is 0 Å². The molecule has 0 bridgehead atoms. The van der Waals surface area contributed by atoms with Crippen LogP contribution in [0.1, 0.15) is 51.1 Å². The molecule has 2 nitrogen and oxygen atoms in total. The standard InChI is InChI=1S/C18H26FNO/c1-14-8-10-18(13-21,11-9-14)12-20(3)15(2)16-6-4-5-7-17(16)19/h4-7,13-15H,8-12H2,1-3H3. The highest BCUT2D eigenvalue weighted by Gasteiger charge is 2.36. The van der Waals surface area contributed by atoms with Crippen molar-refractivity contribution in [2.24, 2.45) is 11.3 Å². The maximum absolute atomic E-state index is 13.9. The molecule has 21 heavy (non-hydrogen) atoms. The second kappa shape index (κ2) is 6.69. The van der Waals surface area contributed by atoms with E-state index in [0.29, 0.717) is 18.0 Å². The highest BCUT2D eigenvalue weighted by molar-refractivity contribution is 5.60. The van der Waals surface area contributed by atoms with Gasteiger partial charge in [-0.3, -0.25) is 4.90 Å². The average molecular weight is 291 g/mol. The molecule has 0 amide bonds. The van der Waals surface area contributed by atoms with Crippen LogP contribution in [-0.4, -0.2) is 24.8 Å². The number of carbonyl (C=O) groups excluding carboxylic acids is 1. The minimum absolute atomic E-state index is 0.0256. The normalized spacial score (nSPS) is 27.6. The van der Waals surface area contributed by atoms with E-state index in [2.05, 4.69) is 11.8 Å². The van der Waals surface area contributed by atoms with Crippen LogP contribution in [0.5, 0.6) is 0 Å². The quantitative estimate of drug-likeness (QED) is 0.757. The van der Waals surface area contributed by atoms with Crippen LogP contribution in [-0.2, 0) is 4.79 Å². The molecule has 1 aromatic carbocycles. The van der Waals surface area contributed by atoms with E-state index in [-0.39, 0.29) is 17.3 Å². The SMILES string of the molecule is CC1CCC(C=O)(CN(C)C(C)c2ccccc2F)CC1. The Hall–Kier alpha value is -1.22. The van der Waals surface area contributed by atoms with Crippen LogP contribution in [0.3, 0.4) is 0 Å². The lowest BCUT2D eigenvalue weighted by Crippen LogP contribution is -2.40. The molecule has 1 unspecified atom stereocenters. The lowest BCUT2D eigenvalue weighted by Gasteiger charge is -2.39. The van der Waals surface area contributed by atoms with Gasteiger partial charge in [0.1, 0.15) is 12.1 Å². The molecule has 1 aromatic rings. The largest absolute Gasteiger partial charge is 0.303 e. The first-order valence-electron chi connectivity index (χ1n) is 7.88. The summed E-state index contributed by atoms with van der Waals surface area (Å²) in [6, 6.07) is 6.87. The fraction of sp³-hybridized carbons (Fsp3) is 0.611. The zero-order valence-corrected chi connectivity index (χ0v) is 13.3. The number of aldehydes is 1. The zero-order valence-electron chi connectivity index (χ0n) is 13.3. The molecule has 0 heterocycles. The van der Waals surface area contributed by atoms with Gasteiger partial charge >= 0.3 is 0 Å². The Morgan fingerprint density at radius 2 is 2.00 bits per heavy atom. The smallest absolute Gasteiger partial charge is 0.127 e. The minimum atomic E-state index is -0.249. The number of rotatable bonds is 5. The summed E-state index contributed by atoms with van der Waals surface area (Å²) in [5, 5.41) is 0. The lowest BCUT2D eigenvalue weighted by molar-refractivity contribution is -0.119. The Morgan fingerprint density at radius 3 is 2.57 bits per heavy atom. The first-order chi connectivity index (χ1) is 9.97. The third-order valence-corrected chi connectivity index (χ3v) is 5.10. The van der Waals surface area contributed by atoms with E-state index in [1.165, 1.54) is 6.07 Å². The van der Waals surface area contributed by atoms with Gasteiger partial charge < -0.3 is 4.79 Å². The Kier molecular flexibility index (Phi) is 5.15. The second-order valence-corrected chi connectivity index (χ2v) is 6.78. The van der Waals surface area contributed by atoms with E-state index in [0.717, 1.165) is 32.0 Å². The topological polar surface area (TPSA) is 20.3 Å². The van der Waals surface area contributed by atoms with E-state index < -0.39 is 0 Å². The summed E-state index contributed by atoms with van der Waals surface area (Å²) in [6.45, 7) is 4.96. The Labute approximate surface area is 127 Å². The summed E-state index contributed by atoms with van der Waals surface area (Å²) in [7, 11) is 1.99. The summed E-state index contributed by atoms with van der Waals surface area (Å²) in [6.07, 6.45) is 5.27. The number of nitrogens with zero attached hydrogens (tertiary/aromatic N) is 1. The van der Waals surface area contributed by atoms with Crippen LogP contribution in [0.15, 0.2) is 24.3 Å². The predicted octanol–water partition coefficient (Wildman–Crippen LogP) is 4.21. The fourth-order valence-corrected chi connectivity index (χ4v) is 3.34. The van der Waals surface area contributed by atoms with Crippen LogP contribution in [0.25, 0.3) is 0 Å². The Morgan fingerprint density at radius 1 is 1.38 bits per heavy atom. The van der Waals surface area contributed by atoms with Gasteiger partial charge in [0, 0.05) is 23.6 Å². The van der Waals surface area contributed by atoms with E-state index in [1.54, 1.807) is 6.07 Å². The number of benzene rings is 1. The van der Waals surface area contributed by atoms with Crippen molar-refractivity contribution in [3.8, 4) is 0 Å². The molecular formula is C18H26FNO. The van der Waals surface area contributed by atoms with Crippen LogP contribution in [0, 0.1) is 17.2 Å². The second-order valence-electron chi connectivity index (χ2n) is 6.78. The minimum Gasteiger partial charge on any atom is -0.303 e. The highest BCUT2D eigenvalue weighted by Crippen LogP contribution is 2.39. The molecule has 0 saturated heterocycles. The van der Waals surface area contributed by atoms with E-state index in [1.807, 2.05) is 26.1 Å². The number of halogens is 1. The Bertz CT molecular complexity index is 480. The molecule has 1 atom stereocenters. The highest BCUT2D eigenvalue weighted by atomic mass is 19.1. The number of hydrogen-bond acceptors (Lipinski definition) is 2. The molecule has 1 fully saturated rings. The molecule has 0 aliphatic heterocycles. The van der Waals surface area contributed by atoms with E-state index >= 15 is 0 Å². The van der Waals surface area contributed by atoms with Crippen LogP contribution in [0.2, 0.25) is 0 Å². The van der Waals surface area contributed by atoms with E-state index in [9.17, 15) is 9.18 Å². The summed E-state index contributed by atoms with van der Waals surface area (Å²) < 4.78 is 13.9. The monoisotopic (exact) mass is 291 g/mol. The van der Waals surface area contributed by atoms with Gasteiger partial charge in [-0.05, 0) is 51.6 Å². The first-order valence-corrected chi connectivity index (χ1v) is 7.88. The van der Waals surface area contributed by atoms with Gasteiger partial charge in [-0.1, -0.05) is 25.1 Å². The van der Waals surface area contributed by atoms with Crippen molar-refractivity contribution < 1.29 is 9.18 Å². The molecule has 0 N–H and O–H groups in total. The average Bonchev–Trinajstić information content (AvgIpc) is 2.49. The fourth-order valence-electron chi connectivity index (χ4n) is 3.34. The summed E-state index contributed by atoms with van der Waals surface area (Å²) in [4.78, 5) is 13.8. The molecule has 0 aromatic heterocycles. The van der Waals surface area contributed by atoms with Gasteiger partial charge in [-0.25, -0.2) is 4.39 Å². The van der Waals surface area contributed by atoms with Crippen molar-refractivity contribution in [2.45, 2.75) is 45.6 Å². The number of hydrogen-bond donors (Lipinski definition) is 0. The van der Waals surface area contributed by atoms with Crippen LogP contribution in [0.4, 0.5) is 4.39 Å². The maximum atomic E-state index is 13.9. The molecule has 0 radical (unpaired) electrons. The summed E-state index contributed by atoms with van der Waals surface area (Å²) in [5.74, 6) is 0.543. The van der Waals surface area contributed by atoms with Gasteiger partial charge in [-0.15, -0.1) is 0 Å². The van der Waals surface area contributed by atoms with Crippen molar-refractivity contribution >= 4 is 6.29 Å². The Balaban J connectivity index is 2.07. The van der Waals surface area contributed by atoms with Crippen molar-refractivity contribution in [2.75, 3.05) is 13.6 Å². The number of carbonyl (C=O) groups is 1. The molecule has 3 heteroatoms. The molecule has 1 aliphatic carbocycles. The zero-order chi connectivity index (χ0) is 15.5. The molecule has 0 spiro atoms. The summed E-state index contributed by atoms with van der Waals surface area (Å²) in [5.41, 5.74) is 0.450. The van der Waals surface area contributed by atoms with E-state index in [4.69, 9.17) is 0 Å². The lowest BCUT2D eigenvalue weighted by atomic mass is 9.71. The molecule has 2 rings (SSSR count). The molecule has 1 saturated carbocycles. The van der Waals surface area contributed by atoms with Gasteiger partial charge in [0.05, 0.1) is 0 Å². The van der Waals surface area contributed by atoms with Gasteiger partial charge in [0.15, 0.2) is 0 Å². The molecule has 1 aliphatic rings. The molecular weight excluding hydrogens is 265 g/mol. The van der Waals surface area contributed by atoms with Crippen molar-refractivity contribution in [3.05, 3.63) is 35.6 Å². The molecule has 116 valence electrons. The van der Waals surface area contributed by atoms with Gasteiger partial charge in [-0.2, -0.15) is 0 Å². The van der Waals surface area contributed by atoms with Crippen LogP contribution < -0.4 is 0 Å². The third kappa shape index (κ3) is 3.70. The van der Waals surface area contributed by atoms with Gasteiger partial charge in [0.2, 0.25) is 0 Å². The van der Waals surface area contributed by atoms with Gasteiger partial charge in [0.25, 0.3) is 0 Å². The maximum Gasteiger partial charge on any atom is 0.127 e. The third-order valence-electron chi connectivity index (χ3n) is 5.10.